The van der Waals surface area contributed by atoms with Crippen LogP contribution in [0.3, 0.4) is 0 Å². The van der Waals surface area contributed by atoms with Gasteiger partial charge in [-0.05, 0) is 0 Å². The Balaban J connectivity index is 1.84. The second-order valence-corrected chi connectivity index (χ2v) is 4.36. The minimum absolute atomic E-state index is 0.846. The molecule has 0 unspecified atom stereocenters. The van der Waals surface area contributed by atoms with Crippen LogP contribution in [0, 0.1) is 0 Å². The first-order chi connectivity index (χ1) is 8.42. The lowest BCUT2D eigenvalue weighted by molar-refractivity contribution is 1.09. The molecule has 0 bridgehead atoms. The fourth-order valence-electron chi connectivity index (χ4n) is 1.51. The first-order valence-electron chi connectivity index (χ1n) is 5.19. The van der Waals surface area contributed by atoms with E-state index in [-0.39, 0.29) is 0 Å². The van der Waals surface area contributed by atoms with Gasteiger partial charge in [0.05, 0.1) is 11.9 Å². The van der Waals surface area contributed by atoms with Gasteiger partial charge < -0.3 is 5.32 Å². The predicted octanol–water partition coefficient (Wildman–Crippen LogP) is 3.28. The Morgan fingerprint density at radius 1 is 1.12 bits per heavy atom. The van der Waals surface area contributed by atoms with Gasteiger partial charge in [0, 0.05) is 17.0 Å². The molecular formula is C12H10N4S. The molecule has 0 fully saturated rings. The average molecular weight is 242 g/mol. The number of aromatic amines is 1. The number of benzene rings is 1. The van der Waals surface area contributed by atoms with Crippen molar-refractivity contribution in [1.82, 2.24) is 15.2 Å². The number of H-pyrrole nitrogens is 1. The van der Waals surface area contributed by atoms with Crippen molar-refractivity contribution in [1.29, 1.82) is 0 Å². The molecular weight excluding hydrogens is 232 g/mol. The van der Waals surface area contributed by atoms with Crippen molar-refractivity contribution in [2.45, 2.75) is 0 Å². The third kappa shape index (κ3) is 2.19. The number of hydrogen-bond acceptors (Lipinski definition) is 4. The summed E-state index contributed by atoms with van der Waals surface area (Å²) < 4.78 is 0. The molecule has 0 saturated heterocycles. The van der Waals surface area contributed by atoms with Gasteiger partial charge in [0.15, 0.2) is 5.13 Å². The number of aromatic nitrogens is 3. The number of anilines is 2. The van der Waals surface area contributed by atoms with E-state index in [9.17, 15) is 0 Å². The number of nitrogens with one attached hydrogen (secondary N) is 2. The summed E-state index contributed by atoms with van der Waals surface area (Å²) in [6.07, 6.45) is 1.70. The van der Waals surface area contributed by atoms with Crippen LogP contribution in [0.1, 0.15) is 0 Å². The molecule has 0 aliphatic rings. The fraction of sp³-hybridized carbons (Fsp3) is 0. The molecule has 2 N–H and O–H groups in total. The molecule has 0 amide bonds. The Labute approximate surface area is 102 Å². The highest BCUT2D eigenvalue weighted by molar-refractivity contribution is 7.14. The van der Waals surface area contributed by atoms with Crippen molar-refractivity contribution >= 4 is 22.3 Å². The van der Waals surface area contributed by atoms with Gasteiger partial charge in [-0.3, -0.25) is 5.10 Å². The molecule has 0 aliphatic carbocycles. The fourth-order valence-corrected chi connectivity index (χ4v) is 2.25. The summed E-state index contributed by atoms with van der Waals surface area (Å²) in [6, 6.07) is 12.0. The average Bonchev–Trinajstić information content (AvgIpc) is 3.02. The molecule has 2 heterocycles. The smallest absolute Gasteiger partial charge is 0.188 e. The van der Waals surface area contributed by atoms with Gasteiger partial charge in [-0.15, -0.1) is 11.3 Å². The molecule has 4 nitrogen and oxygen atoms in total. The number of thiazole rings is 1. The number of hydrogen-bond donors (Lipinski definition) is 2. The summed E-state index contributed by atoms with van der Waals surface area (Å²) in [5.74, 6) is 0.846. The van der Waals surface area contributed by atoms with Gasteiger partial charge in [0.25, 0.3) is 0 Å². The van der Waals surface area contributed by atoms with E-state index in [0.29, 0.717) is 0 Å². The Bertz CT molecular complexity index is 586. The summed E-state index contributed by atoms with van der Waals surface area (Å²) >= 11 is 1.57. The summed E-state index contributed by atoms with van der Waals surface area (Å²) in [4.78, 5) is 4.51. The Kier molecular flexibility index (Phi) is 2.59. The van der Waals surface area contributed by atoms with Crippen molar-refractivity contribution in [2.75, 3.05) is 5.32 Å². The highest BCUT2D eigenvalue weighted by Crippen LogP contribution is 2.26. The van der Waals surface area contributed by atoms with E-state index >= 15 is 0 Å². The molecule has 5 heteroatoms. The zero-order chi connectivity index (χ0) is 11.5. The van der Waals surface area contributed by atoms with Crippen LogP contribution in [0.25, 0.3) is 11.3 Å². The van der Waals surface area contributed by atoms with E-state index in [1.54, 1.807) is 17.5 Å². The molecule has 3 aromatic rings. The van der Waals surface area contributed by atoms with Crippen LogP contribution in [-0.2, 0) is 0 Å². The Morgan fingerprint density at radius 3 is 2.76 bits per heavy atom. The first-order valence-corrected chi connectivity index (χ1v) is 6.07. The number of nitrogens with zero attached hydrogens (tertiary/aromatic N) is 2. The third-order valence-electron chi connectivity index (χ3n) is 2.32. The summed E-state index contributed by atoms with van der Waals surface area (Å²) in [5.41, 5.74) is 2.11. The van der Waals surface area contributed by atoms with Gasteiger partial charge >= 0.3 is 0 Å². The first kappa shape index (κ1) is 10.0. The number of rotatable bonds is 3. The lowest BCUT2D eigenvalue weighted by Gasteiger charge is -1.97. The van der Waals surface area contributed by atoms with Crippen LogP contribution < -0.4 is 5.32 Å². The zero-order valence-corrected chi connectivity index (χ0v) is 9.74. The maximum Gasteiger partial charge on any atom is 0.188 e. The molecule has 0 aliphatic heterocycles. The summed E-state index contributed by atoms with van der Waals surface area (Å²) in [7, 11) is 0. The second-order valence-electron chi connectivity index (χ2n) is 3.50. The van der Waals surface area contributed by atoms with E-state index in [0.717, 1.165) is 22.2 Å². The van der Waals surface area contributed by atoms with Crippen molar-refractivity contribution in [3.63, 3.8) is 0 Å². The van der Waals surface area contributed by atoms with Gasteiger partial charge in [-0.1, -0.05) is 30.3 Å². The van der Waals surface area contributed by atoms with Gasteiger partial charge in [-0.2, -0.15) is 5.10 Å². The topological polar surface area (TPSA) is 53.6 Å². The van der Waals surface area contributed by atoms with Crippen LogP contribution in [0.4, 0.5) is 10.9 Å². The molecule has 17 heavy (non-hydrogen) atoms. The lowest BCUT2D eigenvalue weighted by Crippen LogP contribution is -1.89. The molecule has 1 aromatic carbocycles. The van der Waals surface area contributed by atoms with Crippen molar-refractivity contribution in [3.8, 4) is 11.3 Å². The summed E-state index contributed by atoms with van der Waals surface area (Å²) in [6.45, 7) is 0. The Morgan fingerprint density at radius 2 is 2.00 bits per heavy atom. The third-order valence-corrected chi connectivity index (χ3v) is 3.07. The normalized spacial score (nSPS) is 10.4. The minimum Gasteiger partial charge on any atom is -0.317 e. The standard InChI is InChI=1S/C12H10N4S/c1-2-4-9(5-3-1)10-8-17-12(14-10)15-11-6-7-13-16-11/h1-8H,(H2,13,14,15,16). The molecule has 84 valence electrons. The van der Waals surface area contributed by atoms with Crippen molar-refractivity contribution in [3.05, 3.63) is 48.0 Å². The van der Waals surface area contributed by atoms with Crippen molar-refractivity contribution in [2.24, 2.45) is 0 Å². The maximum atomic E-state index is 4.51. The molecule has 0 saturated carbocycles. The lowest BCUT2D eigenvalue weighted by atomic mass is 10.2. The SMILES string of the molecule is c1ccc(-c2csc(Nc3ccn[nH]3)n2)cc1. The quantitative estimate of drug-likeness (QED) is 0.741. The molecule has 0 radical (unpaired) electrons. The monoisotopic (exact) mass is 242 g/mol. The van der Waals surface area contributed by atoms with E-state index in [1.165, 1.54) is 0 Å². The van der Waals surface area contributed by atoms with Gasteiger partial charge in [0.2, 0.25) is 0 Å². The molecule has 0 spiro atoms. The van der Waals surface area contributed by atoms with Crippen LogP contribution in [0.5, 0.6) is 0 Å². The van der Waals surface area contributed by atoms with Crippen LogP contribution in [0.15, 0.2) is 48.0 Å². The van der Waals surface area contributed by atoms with Crippen LogP contribution >= 0.6 is 11.3 Å². The molecule has 2 aromatic heterocycles. The minimum atomic E-state index is 0.846. The van der Waals surface area contributed by atoms with E-state index in [4.69, 9.17) is 0 Å². The van der Waals surface area contributed by atoms with E-state index in [1.807, 2.05) is 29.6 Å². The molecule has 3 rings (SSSR count). The van der Waals surface area contributed by atoms with E-state index < -0.39 is 0 Å². The van der Waals surface area contributed by atoms with Gasteiger partial charge in [-0.25, -0.2) is 4.98 Å². The largest absolute Gasteiger partial charge is 0.317 e. The van der Waals surface area contributed by atoms with Crippen LogP contribution in [-0.4, -0.2) is 15.2 Å². The molecule has 0 atom stereocenters. The van der Waals surface area contributed by atoms with Gasteiger partial charge in [0.1, 0.15) is 5.82 Å². The van der Waals surface area contributed by atoms with Crippen molar-refractivity contribution < 1.29 is 0 Å². The highest BCUT2D eigenvalue weighted by atomic mass is 32.1. The predicted molar refractivity (Wildman–Crippen MR) is 69.4 cm³/mol. The maximum absolute atomic E-state index is 4.51. The van der Waals surface area contributed by atoms with Crippen LogP contribution in [0.2, 0.25) is 0 Å². The highest BCUT2D eigenvalue weighted by Gasteiger charge is 2.04. The summed E-state index contributed by atoms with van der Waals surface area (Å²) in [5, 5.41) is 12.8. The second kappa shape index (κ2) is 4.39. The Hall–Kier alpha value is -2.14. The zero-order valence-electron chi connectivity index (χ0n) is 8.92. The van der Waals surface area contributed by atoms with E-state index in [2.05, 4.69) is 32.6 Å².